The van der Waals surface area contributed by atoms with E-state index in [1.807, 2.05) is 0 Å². The zero-order chi connectivity index (χ0) is 9.64. The molecule has 0 saturated heterocycles. The van der Waals surface area contributed by atoms with Crippen LogP contribution >= 0.6 is 0 Å². The van der Waals surface area contributed by atoms with Crippen LogP contribution in [0.4, 0.5) is 0 Å². The predicted molar refractivity (Wildman–Crippen MR) is 61.4 cm³/mol. The summed E-state index contributed by atoms with van der Waals surface area (Å²) >= 11 is 0. The van der Waals surface area contributed by atoms with E-state index < -0.39 is 0 Å². The van der Waals surface area contributed by atoms with E-state index >= 15 is 0 Å². The number of allylic oxidation sites excluding steroid dienone is 1. The van der Waals surface area contributed by atoms with Gasteiger partial charge in [-0.05, 0) is 32.1 Å². The monoisotopic (exact) mass is 193 g/mol. The molecule has 1 heteroatoms. The molecule has 0 radical (unpaired) electrons. The van der Waals surface area contributed by atoms with E-state index in [-0.39, 0.29) is 0 Å². The second kappa shape index (κ2) is 5.55. The van der Waals surface area contributed by atoms with Crippen molar-refractivity contribution in [2.24, 2.45) is 0 Å². The number of hydrogen-bond acceptors (Lipinski definition) is 1. The quantitative estimate of drug-likeness (QED) is 0.535. The van der Waals surface area contributed by atoms with Crippen LogP contribution in [0.15, 0.2) is 11.6 Å². The van der Waals surface area contributed by atoms with Crippen LogP contribution in [0.1, 0.15) is 57.8 Å². The van der Waals surface area contributed by atoms with Crippen molar-refractivity contribution >= 4 is 0 Å². The highest BCUT2D eigenvalue weighted by Crippen LogP contribution is 2.19. The van der Waals surface area contributed by atoms with E-state index in [4.69, 9.17) is 0 Å². The third-order valence-corrected chi connectivity index (χ3v) is 3.61. The van der Waals surface area contributed by atoms with Crippen molar-refractivity contribution in [2.45, 2.75) is 63.8 Å². The standard InChI is InChI=1S/C13H23N/c1-2-4-10-13(9-3-1)14-11-12-7-5-6-8-12/h7,13-14H,1-6,8-11H2. The minimum atomic E-state index is 0.819. The van der Waals surface area contributed by atoms with Crippen LogP contribution in [0, 0.1) is 0 Å². The topological polar surface area (TPSA) is 12.0 Å². The number of nitrogens with one attached hydrogen (secondary N) is 1. The zero-order valence-electron chi connectivity index (χ0n) is 9.23. The minimum Gasteiger partial charge on any atom is -0.310 e. The summed E-state index contributed by atoms with van der Waals surface area (Å²) in [6.45, 7) is 1.17. The fourth-order valence-corrected chi connectivity index (χ4v) is 2.66. The van der Waals surface area contributed by atoms with Crippen molar-refractivity contribution in [3.63, 3.8) is 0 Å². The lowest BCUT2D eigenvalue weighted by Crippen LogP contribution is -2.29. The molecule has 0 unspecified atom stereocenters. The van der Waals surface area contributed by atoms with Gasteiger partial charge in [0.25, 0.3) is 0 Å². The Morgan fingerprint density at radius 1 is 1.07 bits per heavy atom. The zero-order valence-corrected chi connectivity index (χ0v) is 9.23. The number of hydrogen-bond donors (Lipinski definition) is 1. The lowest BCUT2D eigenvalue weighted by Gasteiger charge is -2.16. The maximum atomic E-state index is 3.74. The summed E-state index contributed by atoms with van der Waals surface area (Å²) in [5, 5.41) is 3.74. The van der Waals surface area contributed by atoms with Gasteiger partial charge in [0.05, 0.1) is 0 Å². The van der Waals surface area contributed by atoms with Gasteiger partial charge in [0.1, 0.15) is 0 Å². The molecule has 0 amide bonds. The van der Waals surface area contributed by atoms with E-state index in [9.17, 15) is 0 Å². The van der Waals surface area contributed by atoms with Crippen LogP contribution in [0.5, 0.6) is 0 Å². The van der Waals surface area contributed by atoms with Crippen LogP contribution in [-0.4, -0.2) is 12.6 Å². The first-order valence-corrected chi connectivity index (χ1v) is 6.36. The molecular formula is C13H23N. The van der Waals surface area contributed by atoms with Gasteiger partial charge in [-0.25, -0.2) is 0 Å². The van der Waals surface area contributed by atoms with Crippen molar-refractivity contribution in [1.82, 2.24) is 5.32 Å². The average Bonchev–Trinajstić information content (AvgIpc) is 2.58. The van der Waals surface area contributed by atoms with Crippen molar-refractivity contribution in [1.29, 1.82) is 0 Å². The summed E-state index contributed by atoms with van der Waals surface area (Å²) in [7, 11) is 0. The summed E-state index contributed by atoms with van der Waals surface area (Å²) in [4.78, 5) is 0. The second-order valence-electron chi connectivity index (χ2n) is 4.82. The summed E-state index contributed by atoms with van der Waals surface area (Å²) < 4.78 is 0. The largest absolute Gasteiger partial charge is 0.310 e. The molecule has 2 rings (SSSR count). The SMILES string of the molecule is C1=C(CNC2CCCCCC2)CCC1. The smallest absolute Gasteiger partial charge is 0.0167 e. The molecule has 1 fully saturated rings. The highest BCUT2D eigenvalue weighted by atomic mass is 14.9. The number of rotatable bonds is 3. The Morgan fingerprint density at radius 3 is 2.50 bits per heavy atom. The van der Waals surface area contributed by atoms with Gasteiger partial charge < -0.3 is 5.32 Å². The molecule has 0 spiro atoms. The van der Waals surface area contributed by atoms with Crippen LogP contribution in [-0.2, 0) is 0 Å². The third-order valence-electron chi connectivity index (χ3n) is 3.61. The Hall–Kier alpha value is -0.300. The molecule has 14 heavy (non-hydrogen) atoms. The summed E-state index contributed by atoms with van der Waals surface area (Å²) in [5.41, 5.74) is 1.66. The first kappa shape index (κ1) is 10.2. The van der Waals surface area contributed by atoms with Crippen LogP contribution < -0.4 is 5.32 Å². The van der Waals surface area contributed by atoms with Gasteiger partial charge in [-0.1, -0.05) is 37.3 Å². The predicted octanol–water partition coefficient (Wildman–Crippen LogP) is 3.41. The third kappa shape index (κ3) is 3.13. The first-order valence-electron chi connectivity index (χ1n) is 6.36. The molecule has 0 aromatic heterocycles. The summed E-state index contributed by atoms with van der Waals surface area (Å²) in [5.74, 6) is 0. The summed E-state index contributed by atoms with van der Waals surface area (Å²) in [6, 6.07) is 0.819. The lowest BCUT2D eigenvalue weighted by atomic mass is 10.1. The normalized spacial score (nSPS) is 24.7. The molecule has 2 aliphatic rings. The van der Waals surface area contributed by atoms with Crippen LogP contribution in [0.3, 0.4) is 0 Å². The van der Waals surface area contributed by atoms with Gasteiger partial charge in [0, 0.05) is 12.6 Å². The Labute approximate surface area is 88.0 Å². The molecule has 0 aromatic carbocycles. The molecular weight excluding hydrogens is 170 g/mol. The maximum absolute atomic E-state index is 3.74. The van der Waals surface area contributed by atoms with Crippen LogP contribution in [0.25, 0.3) is 0 Å². The second-order valence-corrected chi connectivity index (χ2v) is 4.82. The summed E-state index contributed by atoms with van der Waals surface area (Å²) in [6.07, 6.45) is 15.1. The molecule has 0 aliphatic heterocycles. The Morgan fingerprint density at radius 2 is 1.86 bits per heavy atom. The van der Waals surface area contributed by atoms with Crippen molar-refractivity contribution in [3.05, 3.63) is 11.6 Å². The molecule has 1 saturated carbocycles. The molecule has 2 aliphatic carbocycles. The minimum absolute atomic E-state index is 0.819. The van der Waals surface area contributed by atoms with Gasteiger partial charge in [-0.3, -0.25) is 0 Å². The fourth-order valence-electron chi connectivity index (χ4n) is 2.66. The Balaban J connectivity index is 1.68. The van der Waals surface area contributed by atoms with Crippen molar-refractivity contribution < 1.29 is 0 Å². The van der Waals surface area contributed by atoms with E-state index in [0.29, 0.717) is 0 Å². The molecule has 0 heterocycles. The van der Waals surface area contributed by atoms with Crippen molar-refractivity contribution in [3.8, 4) is 0 Å². The first-order chi connectivity index (χ1) is 6.95. The molecule has 0 atom stereocenters. The Bertz CT molecular complexity index is 187. The molecule has 1 nitrogen and oxygen atoms in total. The molecule has 80 valence electrons. The molecule has 0 bridgehead atoms. The highest BCUT2D eigenvalue weighted by molar-refractivity contribution is 5.09. The van der Waals surface area contributed by atoms with Gasteiger partial charge in [-0.2, -0.15) is 0 Å². The van der Waals surface area contributed by atoms with E-state index in [0.717, 1.165) is 6.04 Å². The molecule has 0 aromatic rings. The molecule has 1 N–H and O–H groups in total. The average molecular weight is 193 g/mol. The van der Waals surface area contributed by atoms with Gasteiger partial charge in [0.15, 0.2) is 0 Å². The lowest BCUT2D eigenvalue weighted by molar-refractivity contribution is 0.475. The van der Waals surface area contributed by atoms with E-state index in [2.05, 4.69) is 11.4 Å². The highest BCUT2D eigenvalue weighted by Gasteiger charge is 2.12. The van der Waals surface area contributed by atoms with Gasteiger partial charge >= 0.3 is 0 Å². The van der Waals surface area contributed by atoms with Gasteiger partial charge in [-0.15, -0.1) is 0 Å². The maximum Gasteiger partial charge on any atom is 0.0167 e. The Kier molecular flexibility index (Phi) is 4.05. The van der Waals surface area contributed by atoms with Crippen molar-refractivity contribution in [2.75, 3.05) is 6.54 Å². The van der Waals surface area contributed by atoms with Crippen LogP contribution in [0.2, 0.25) is 0 Å². The fraction of sp³-hybridized carbons (Fsp3) is 0.846. The van der Waals surface area contributed by atoms with E-state index in [1.165, 1.54) is 64.3 Å². The van der Waals surface area contributed by atoms with E-state index in [1.54, 1.807) is 5.57 Å². The van der Waals surface area contributed by atoms with Gasteiger partial charge in [0.2, 0.25) is 0 Å².